The van der Waals surface area contributed by atoms with Crippen molar-refractivity contribution in [1.82, 2.24) is 4.98 Å². The van der Waals surface area contributed by atoms with Gasteiger partial charge in [0.2, 0.25) is 0 Å². The van der Waals surface area contributed by atoms with E-state index in [0.29, 0.717) is 0 Å². The molecule has 56 valence electrons. The predicted octanol–water partition coefficient (Wildman–Crippen LogP) is 1.81. The van der Waals surface area contributed by atoms with Crippen molar-refractivity contribution in [2.45, 2.75) is 26.9 Å². The van der Waals surface area contributed by atoms with Crippen molar-refractivity contribution in [3.05, 3.63) is 15.6 Å². The first-order valence-electron chi connectivity index (χ1n) is 3.23. The van der Waals surface area contributed by atoms with Crippen LogP contribution < -0.4 is 0 Å². The zero-order valence-corrected chi connectivity index (χ0v) is 7.20. The number of aliphatic hydroxyl groups is 1. The molecular weight excluding hydrogens is 146 g/mol. The maximum atomic E-state index is 9.19. The normalized spacial score (nSPS) is 13.6. The van der Waals surface area contributed by atoms with Gasteiger partial charge in [-0.15, -0.1) is 11.3 Å². The minimum atomic E-state index is -0.369. The number of rotatable bonds is 1. The highest BCUT2D eigenvalue weighted by Gasteiger charge is 2.08. The Balaban J connectivity index is 3.03. The molecule has 0 radical (unpaired) electrons. The molecule has 1 rings (SSSR count). The van der Waals surface area contributed by atoms with Gasteiger partial charge in [-0.2, -0.15) is 0 Å². The molecule has 0 aliphatic heterocycles. The van der Waals surface area contributed by atoms with Crippen LogP contribution in [0.2, 0.25) is 0 Å². The van der Waals surface area contributed by atoms with Gasteiger partial charge in [0.25, 0.3) is 0 Å². The Morgan fingerprint density at radius 3 is 2.30 bits per heavy atom. The van der Waals surface area contributed by atoms with Crippen molar-refractivity contribution in [1.29, 1.82) is 0 Å². The summed E-state index contributed by atoms with van der Waals surface area (Å²) in [6, 6.07) is 0. The Bertz CT molecular complexity index is 230. The van der Waals surface area contributed by atoms with E-state index in [1.165, 1.54) is 0 Å². The summed E-state index contributed by atoms with van der Waals surface area (Å²) >= 11 is 1.56. The van der Waals surface area contributed by atoms with Crippen molar-refractivity contribution in [3.8, 4) is 0 Å². The van der Waals surface area contributed by atoms with E-state index in [0.717, 1.165) is 15.6 Å². The Morgan fingerprint density at radius 2 is 2.10 bits per heavy atom. The first-order valence-corrected chi connectivity index (χ1v) is 4.05. The molecule has 0 unspecified atom stereocenters. The molecule has 1 atom stereocenters. The summed E-state index contributed by atoms with van der Waals surface area (Å²) in [6.07, 6.45) is -0.369. The Labute approximate surface area is 64.5 Å². The van der Waals surface area contributed by atoms with E-state index in [4.69, 9.17) is 0 Å². The molecule has 2 nitrogen and oxygen atoms in total. The highest BCUT2D eigenvalue weighted by Crippen LogP contribution is 2.23. The van der Waals surface area contributed by atoms with Gasteiger partial charge < -0.3 is 5.11 Å². The molecule has 0 aromatic carbocycles. The molecule has 0 spiro atoms. The lowest BCUT2D eigenvalue weighted by molar-refractivity contribution is 0.202. The number of aryl methyl sites for hydroxylation is 2. The second-order valence-electron chi connectivity index (χ2n) is 2.36. The monoisotopic (exact) mass is 157 g/mol. The standard InChI is InChI=1S/C7H11NOS/c1-4-7(5(2)9)10-6(3)8-4/h5,9H,1-3H3/t5-/m0/s1. The fraction of sp³-hybridized carbons (Fsp3) is 0.571. The minimum absolute atomic E-state index is 0.369. The van der Waals surface area contributed by atoms with Gasteiger partial charge in [0.1, 0.15) is 0 Å². The summed E-state index contributed by atoms with van der Waals surface area (Å²) in [6.45, 7) is 5.63. The first kappa shape index (κ1) is 7.69. The molecule has 0 saturated heterocycles. The van der Waals surface area contributed by atoms with Crippen molar-refractivity contribution in [2.75, 3.05) is 0 Å². The third kappa shape index (κ3) is 1.36. The molecule has 10 heavy (non-hydrogen) atoms. The van der Waals surface area contributed by atoms with E-state index in [2.05, 4.69) is 4.98 Å². The number of hydrogen-bond acceptors (Lipinski definition) is 3. The van der Waals surface area contributed by atoms with Crippen LogP contribution >= 0.6 is 11.3 Å². The van der Waals surface area contributed by atoms with Crippen LogP contribution in [0.3, 0.4) is 0 Å². The van der Waals surface area contributed by atoms with Gasteiger partial charge in [-0.05, 0) is 20.8 Å². The number of thiazole rings is 1. The summed E-state index contributed by atoms with van der Waals surface area (Å²) in [5.41, 5.74) is 0.956. The second-order valence-corrected chi connectivity index (χ2v) is 3.59. The summed E-state index contributed by atoms with van der Waals surface area (Å²) in [4.78, 5) is 5.17. The van der Waals surface area contributed by atoms with Crippen LogP contribution in [-0.2, 0) is 0 Å². The number of nitrogens with zero attached hydrogens (tertiary/aromatic N) is 1. The molecule has 0 bridgehead atoms. The largest absolute Gasteiger partial charge is 0.388 e. The van der Waals surface area contributed by atoms with Crippen LogP contribution in [0.15, 0.2) is 0 Å². The highest BCUT2D eigenvalue weighted by atomic mass is 32.1. The SMILES string of the molecule is Cc1nc(C)c([C@H](C)O)s1. The van der Waals surface area contributed by atoms with Crippen molar-refractivity contribution < 1.29 is 5.11 Å². The van der Waals surface area contributed by atoms with Crippen LogP contribution in [0.5, 0.6) is 0 Å². The van der Waals surface area contributed by atoms with Gasteiger partial charge in [0.05, 0.1) is 21.7 Å². The predicted molar refractivity (Wildman–Crippen MR) is 42.2 cm³/mol. The van der Waals surface area contributed by atoms with Gasteiger partial charge in [-0.3, -0.25) is 0 Å². The van der Waals surface area contributed by atoms with Crippen molar-refractivity contribution in [3.63, 3.8) is 0 Å². The summed E-state index contributed by atoms with van der Waals surface area (Å²) in [5, 5.41) is 10.2. The Kier molecular flexibility index (Phi) is 2.06. The maximum Gasteiger partial charge on any atom is 0.0901 e. The van der Waals surface area contributed by atoms with Crippen LogP contribution in [0.1, 0.15) is 28.6 Å². The van der Waals surface area contributed by atoms with E-state index < -0.39 is 0 Å². The average molecular weight is 157 g/mol. The molecule has 0 amide bonds. The molecular formula is C7H11NOS. The topological polar surface area (TPSA) is 33.1 Å². The van der Waals surface area contributed by atoms with E-state index in [1.54, 1.807) is 18.3 Å². The molecule has 1 N–H and O–H groups in total. The molecule has 1 aromatic heterocycles. The van der Waals surface area contributed by atoms with Crippen LogP contribution in [0.4, 0.5) is 0 Å². The van der Waals surface area contributed by atoms with Crippen LogP contribution in [0.25, 0.3) is 0 Å². The third-order valence-electron chi connectivity index (χ3n) is 1.32. The van der Waals surface area contributed by atoms with Crippen molar-refractivity contribution in [2.24, 2.45) is 0 Å². The molecule has 0 saturated carbocycles. The molecule has 3 heteroatoms. The van der Waals surface area contributed by atoms with Crippen LogP contribution in [0, 0.1) is 13.8 Å². The molecule has 0 aliphatic rings. The molecule has 0 fully saturated rings. The Morgan fingerprint density at radius 1 is 1.50 bits per heavy atom. The lowest BCUT2D eigenvalue weighted by atomic mass is 10.3. The molecule has 1 heterocycles. The van der Waals surface area contributed by atoms with E-state index in [1.807, 2.05) is 13.8 Å². The fourth-order valence-electron chi connectivity index (χ4n) is 0.935. The number of aromatic nitrogens is 1. The van der Waals surface area contributed by atoms with Crippen molar-refractivity contribution >= 4 is 11.3 Å². The van der Waals surface area contributed by atoms with Gasteiger partial charge in [-0.25, -0.2) is 4.98 Å². The fourth-order valence-corrected chi connectivity index (χ4v) is 1.80. The van der Waals surface area contributed by atoms with Gasteiger partial charge in [0.15, 0.2) is 0 Å². The Hall–Kier alpha value is -0.410. The summed E-state index contributed by atoms with van der Waals surface area (Å²) in [5.74, 6) is 0. The van der Waals surface area contributed by atoms with E-state index >= 15 is 0 Å². The number of hydrogen-bond donors (Lipinski definition) is 1. The van der Waals surface area contributed by atoms with E-state index in [9.17, 15) is 5.11 Å². The summed E-state index contributed by atoms with van der Waals surface area (Å²) < 4.78 is 0. The number of aliphatic hydroxyl groups excluding tert-OH is 1. The third-order valence-corrected chi connectivity index (χ3v) is 2.56. The molecule has 1 aromatic rings. The van der Waals surface area contributed by atoms with Gasteiger partial charge in [0, 0.05) is 0 Å². The smallest absolute Gasteiger partial charge is 0.0901 e. The summed E-state index contributed by atoms with van der Waals surface area (Å²) in [7, 11) is 0. The zero-order chi connectivity index (χ0) is 7.72. The van der Waals surface area contributed by atoms with E-state index in [-0.39, 0.29) is 6.10 Å². The first-order chi connectivity index (χ1) is 4.61. The van der Waals surface area contributed by atoms with Crippen LogP contribution in [-0.4, -0.2) is 10.1 Å². The van der Waals surface area contributed by atoms with Gasteiger partial charge in [-0.1, -0.05) is 0 Å². The molecule has 0 aliphatic carbocycles. The maximum absolute atomic E-state index is 9.19. The minimum Gasteiger partial charge on any atom is -0.388 e. The highest BCUT2D eigenvalue weighted by molar-refractivity contribution is 7.11. The second kappa shape index (κ2) is 2.68. The average Bonchev–Trinajstić information content (AvgIpc) is 2.10. The zero-order valence-electron chi connectivity index (χ0n) is 6.38. The quantitative estimate of drug-likeness (QED) is 0.674. The lowest BCUT2D eigenvalue weighted by Crippen LogP contribution is -1.88. The lowest BCUT2D eigenvalue weighted by Gasteiger charge is -1.98. The van der Waals surface area contributed by atoms with Gasteiger partial charge >= 0.3 is 0 Å².